The minimum absolute atomic E-state index is 0. The Kier molecular flexibility index (Phi) is 4.50. The van der Waals surface area contributed by atoms with Crippen LogP contribution in [0.3, 0.4) is 0 Å². The Labute approximate surface area is 92.5 Å². The molecule has 0 aliphatic carbocycles. The van der Waals surface area contributed by atoms with Gasteiger partial charge in [0.1, 0.15) is 6.04 Å². The van der Waals surface area contributed by atoms with Crippen molar-refractivity contribution in [1.82, 2.24) is 0 Å². The minimum atomic E-state index is -5.61. The van der Waals surface area contributed by atoms with Crippen molar-refractivity contribution in [2.45, 2.75) is 18.1 Å². The Hall–Kier alpha value is -0.400. The van der Waals surface area contributed by atoms with Crippen LogP contribution in [0.5, 0.6) is 0 Å². The molecule has 0 spiro atoms. The molecule has 2 N–H and O–H groups in total. The zero-order valence-electron chi connectivity index (χ0n) is 7.09. The number of nitrogens with two attached hydrogens (primary N) is 1. The van der Waals surface area contributed by atoms with Crippen molar-refractivity contribution in [2.24, 2.45) is 5.73 Å². The molecule has 0 aromatic carbocycles. The molecule has 1 aromatic rings. The Morgan fingerprint density at radius 3 is 2.07 bits per heavy atom. The van der Waals surface area contributed by atoms with Crippen molar-refractivity contribution in [1.29, 1.82) is 0 Å². The Morgan fingerprint density at radius 1 is 1.20 bits per heavy atom. The molecule has 1 atom stereocenters. The van der Waals surface area contributed by atoms with Crippen LogP contribution in [0.15, 0.2) is 17.5 Å². The molecule has 0 saturated carbocycles. The van der Waals surface area contributed by atoms with Crippen molar-refractivity contribution < 1.29 is 22.0 Å². The fourth-order valence-electron chi connectivity index (χ4n) is 0.823. The van der Waals surface area contributed by atoms with E-state index in [-0.39, 0.29) is 17.3 Å². The van der Waals surface area contributed by atoms with Crippen molar-refractivity contribution >= 4 is 23.7 Å². The lowest BCUT2D eigenvalue weighted by atomic mass is 10.1. The summed E-state index contributed by atoms with van der Waals surface area (Å²) in [6.45, 7) is 0. The third-order valence-electron chi connectivity index (χ3n) is 1.62. The van der Waals surface area contributed by atoms with Crippen molar-refractivity contribution in [3.8, 4) is 0 Å². The molecular formula is C7H7ClF5NS. The summed E-state index contributed by atoms with van der Waals surface area (Å²) in [5.41, 5.74) is 4.84. The Balaban J connectivity index is 0.00000196. The van der Waals surface area contributed by atoms with Gasteiger partial charge in [0.05, 0.1) is 0 Å². The van der Waals surface area contributed by atoms with Gasteiger partial charge < -0.3 is 5.73 Å². The molecular weight excluding hydrogens is 261 g/mol. The molecule has 0 aliphatic rings. The molecule has 8 heteroatoms. The first-order valence-electron chi connectivity index (χ1n) is 3.50. The molecule has 0 fully saturated rings. The van der Waals surface area contributed by atoms with Gasteiger partial charge in [-0.3, -0.25) is 0 Å². The zero-order chi connectivity index (χ0) is 11.0. The highest BCUT2D eigenvalue weighted by atomic mass is 35.5. The maximum atomic E-state index is 12.6. The largest absolute Gasteiger partial charge is 0.455 e. The second kappa shape index (κ2) is 4.63. The standard InChI is InChI=1S/C7H6F5NS.ClH/c8-6(9,7(10,11)12)5(13)4-2-1-3-14-4;/h1-3,5H,13H2;1H/t5-;/m0./s1. The van der Waals surface area contributed by atoms with E-state index in [1.165, 1.54) is 11.4 Å². The van der Waals surface area contributed by atoms with E-state index in [0.29, 0.717) is 0 Å². The van der Waals surface area contributed by atoms with E-state index < -0.39 is 18.1 Å². The average Bonchev–Trinajstić information content (AvgIpc) is 2.52. The lowest BCUT2D eigenvalue weighted by molar-refractivity contribution is -0.290. The maximum absolute atomic E-state index is 12.6. The number of hydrogen-bond donors (Lipinski definition) is 1. The predicted molar refractivity (Wildman–Crippen MR) is 49.5 cm³/mol. The summed E-state index contributed by atoms with van der Waals surface area (Å²) < 4.78 is 60.8. The van der Waals surface area contributed by atoms with E-state index in [1.54, 1.807) is 0 Å². The van der Waals surface area contributed by atoms with Crippen LogP contribution in [-0.2, 0) is 0 Å². The van der Waals surface area contributed by atoms with Gasteiger partial charge in [-0.2, -0.15) is 22.0 Å². The SMILES string of the molecule is Cl.N[C@@H](c1cccs1)C(F)(F)C(F)(F)F. The van der Waals surface area contributed by atoms with Crippen LogP contribution in [0.1, 0.15) is 10.9 Å². The van der Waals surface area contributed by atoms with Crippen LogP contribution in [0, 0.1) is 0 Å². The number of halogens is 6. The van der Waals surface area contributed by atoms with Crippen LogP contribution in [0.4, 0.5) is 22.0 Å². The van der Waals surface area contributed by atoms with Crippen molar-refractivity contribution in [3.63, 3.8) is 0 Å². The monoisotopic (exact) mass is 267 g/mol. The van der Waals surface area contributed by atoms with Gasteiger partial charge in [0.2, 0.25) is 0 Å². The lowest BCUT2D eigenvalue weighted by Crippen LogP contribution is -2.45. The molecule has 1 heterocycles. The smallest absolute Gasteiger partial charge is 0.318 e. The minimum Gasteiger partial charge on any atom is -0.318 e. The number of hydrogen-bond acceptors (Lipinski definition) is 2. The van der Waals surface area contributed by atoms with Gasteiger partial charge in [-0.25, -0.2) is 0 Å². The molecule has 1 nitrogen and oxygen atoms in total. The van der Waals surface area contributed by atoms with Gasteiger partial charge in [0.15, 0.2) is 0 Å². The molecule has 88 valence electrons. The summed E-state index contributed by atoms with van der Waals surface area (Å²) >= 11 is 0.769. The second-order valence-corrected chi connectivity index (χ2v) is 3.59. The summed E-state index contributed by atoms with van der Waals surface area (Å²) in [4.78, 5) is -0.188. The summed E-state index contributed by atoms with van der Waals surface area (Å²) in [5, 5.41) is 1.39. The summed E-state index contributed by atoms with van der Waals surface area (Å²) in [5.74, 6) is -4.89. The second-order valence-electron chi connectivity index (χ2n) is 2.61. The van der Waals surface area contributed by atoms with E-state index in [2.05, 4.69) is 0 Å². The third kappa shape index (κ3) is 2.79. The maximum Gasteiger partial charge on any atom is 0.455 e. The van der Waals surface area contributed by atoms with Crippen molar-refractivity contribution in [3.05, 3.63) is 22.4 Å². The summed E-state index contributed by atoms with van der Waals surface area (Å²) in [7, 11) is 0. The van der Waals surface area contributed by atoms with Gasteiger partial charge in [0.25, 0.3) is 0 Å². The van der Waals surface area contributed by atoms with Crippen molar-refractivity contribution in [2.75, 3.05) is 0 Å². The molecule has 0 aliphatic heterocycles. The molecule has 15 heavy (non-hydrogen) atoms. The molecule has 0 radical (unpaired) electrons. The third-order valence-corrected chi connectivity index (χ3v) is 2.57. The van der Waals surface area contributed by atoms with Crippen LogP contribution in [0.25, 0.3) is 0 Å². The average molecular weight is 268 g/mol. The topological polar surface area (TPSA) is 26.0 Å². The van der Waals surface area contributed by atoms with Gasteiger partial charge in [-0.05, 0) is 11.4 Å². The highest BCUT2D eigenvalue weighted by Gasteiger charge is 2.61. The van der Waals surface area contributed by atoms with E-state index in [9.17, 15) is 22.0 Å². The van der Waals surface area contributed by atoms with E-state index in [0.717, 1.165) is 17.4 Å². The Morgan fingerprint density at radius 2 is 1.73 bits per heavy atom. The van der Waals surface area contributed by atoms with Gasteiger partial charge >= 0.3 is 12.1 Å². The van der Waals surface area contributed by atoms with E-state index in [1.807, 2.05) is 0 Å². The highest BCUT2D eigenvalue weighted by Crippen LogP contribution is 2.44. The van der Waals surface area contributed by atoms with E-state index in [4.69, 9.17) is 5.73 Å². The highest BCUT2D eigenvalue weighted by molar-refractivity contribution is 7.10. The van der Waals surface area contributed by atoms with Gasteiger partial charge in [-0.15, -0.1) is 23.7 Å². The van der Waals surface area contributed by atoms with Crippen LogP contribution in [0.2, 0.25) is 0 Å². The first kappa shape index (κ1) is 14.6. The lowest BCUT2D eigenvalue weighted by Gasteiger charge is -2.24. The van der Waals surface area contributed by atoms with Crippen LogP contribution >= 0.6 is 23.7 Å². The van der Waals surface area contributed by atoms with Crippen LogP contribution < -0.4 is 5.73 Å². The first-order valence-corrected chi connectivity index (χ1v) is 4.38. The number of alkyl halides is 5. The summed E-state index contributed by atoms with van der Waals surface area (Å²) in [6, 6.07) is 0.184. The quantitative estimate of drug-likeness (QED) is 0.817. The molecule has 1 aromatic heterocycles. The Bertz CT molecular complexity index is 297. The first-order chi connectivity index (χ1) is 6.27. The fourth-order valence-corrected chi connectivity index (χ4v) is 1.59. The summed E-state index contributed by atoms with van der Waals surface area (Å²) in [6.07, 6.45) is -5.61. The zero-order valence-corrected chi connectivity index (χ0v) is 8.73. The fraction of sp³-hybridized carbons (Fsp3) is 0.429. The molecule has 0 saturated heterocycles. The van der Waals surface area contributed by atoms with Gasteiger partial charge in [0, 0.05) is 4.88 Å². The molecule has 0 bridgehead atoms. The van der Waals surface area contributed by atoms with Gasteiger partial charge in [-0.1, -0.05) is 6.07 Å². The molecule has 1 rings (SSSR count). The number of thiophene rings is 1. The molecule has 0 amide bonds. The van der Waals surface area contributed by atoms with E-state index >= 15 is 0 Å². The number of rotatable bonds is 2. The van der Waals surface area contributed by atoms with Crippen LogP contribution in [-0.4, -0.2) is 12.1 Å². The normalized spacial score (nSPS) is 14.5. The predicted octanol–water partition coefficient (Wildman–Crippen LogP) is 3.37. The molecule has 0 unspecified atom stereocenters.